The number of rotatable bonds is 3. The summed E-state index contributed by atoms with van der Waals surface area (Å²) < 4.78 is 0. The summed E-state index contributed by atoms with van der Waals surface area (Å²) in [4.78, 5) is 7.20. The fraction of sp³-hybridized carbons (Fsp3) is 0.706. The number of nitrogen functional groups attached to an aromatic ring is 1. The molecule has 5 rings (SSSR count). The van der Waals surface area contributed by atoms with Crippen LogP contribution in [0.4, 0.5) is 11.5 Å². The van der Waals surface area contributed by atoms with Crippen LogP contribution in [0, 0.1) is 17.8 Å². The van der Waals surface area contributed by atoms with Gasteiger partial charge in [-0.2, -0.15) is 0 Å². The summed E-state index contributed by atoms with van der Waals surface area (Å²) in [5, 5.41) is 0. The third-order valence-corrected chi connectivity index (χ3v) is 5.94. The minimum atomic E-state index is 0.395. The number of hydrogen-bond donors (Lipinski definition) is 1. The molecule has 4 aliphatic carbocycles. The zero-order chi connectivity index (χ0) is 13.7. The molecule has 3 nitrogen and oxygen atoms in total. The van der Waals surface area contributed by atoms with Crippen LogP contribution in [0.1, 0.15) is 45.4 Å². The summed E-state index contributed by atoms with van der Waals surface area (Å²) in [6.45, 7) is 3.33. The molecule has 108 valence electrons. The van der Waals surface area contributed by atoms with Crippen molar-refractivity contribution in [1.82, 2.24) is 4.98 Å². The molecule has 0 radical (unpaired) electrons. The number of nitrogens with zero attached hydrogens (tertiary/aromatic N) is 2. The molecule has 2 N–H and O–H groups in total. The summed E-state index contributed by atoms with van der Waals surface area (Å²) in [5.74, 6) is 4.06. The van der Waals surface area contributed by atoms with E-state index in [1.54, 1.807) is 6.20 Å². The van der Waals surface area contributed by atoms with Gasteiger partial charge in [-0.15, -0.1) is 0 Å². The van der Waals surface area contributed by atoms with Crippen molar-refractivity contribution in [3.63, 3.8) is 0 Å². The quantitative estimate of drug-likeness (QED) is 0.915. The summed E-state index contributed by atoms with van der Waals surface area (Å²) in [5.41, 5.74) is 6.95. The van der Waals surface area contributed by atoms with Crippen molar-refractivity contribution in [2.45, 2.75) is 51.0 Å². The fourth-order valence-electron chi connectivity index (χ4n) is 5.69. The van der Waals surface area contributed by atoms with Gasteiger partial charge in [0.2, 0.25) is 0 Å². The first kappa shape index (κ1) is 12.5. The monoisotopic (exact) mass is 271 g/mol. The molecule has 0 spiro atoms. The first-order chi connectivity index (χ1) is 9.68. The van der Waals surface area contributed by atoms with Gasteiger partial charge in [-0.05, 0) is 75.3 Å². The normalized spacial score (nSPS) is 38.1. The van der Waals surface area contributed by atoms with E-state index in [4.69, 9.17) is 5.73 Å². The molecule has 0 aromatic carbocycles. The second-order valence-electron chi connectivity index (χ2n) is 7.34. The molecule has 1 heterocycles. The van der Waals surface area contributed by atoms with E-state index in [1.807, 2.05) is 6.07 Å². The van der Waals surface area contributed by atoms with E-state index in [-0.39, 0.29) is 0 Å². The molecule has 0 aliphatic heterocycles. The van der Waals surface area contributed by atoms with Gasteiger partial charge in [-0.1, -0.05) is 0 Å². The van der Waals surface area contributed by atoms with Crippen molar-refractivity contribution in [2.75, 3.05) is 17.2 Å². The Bertz CT molecular complexity index is 458. The van der Waals surface area contributed by atoms with E-state index in [0.717, 1.165) is 35.8 Å². The number of pyridine rings is 1. The van der Waals surface area contributed by atoms with Crippen LogP contribution in [-0.4, -0.2) is 17.1 Å². The minimum Gasteiger partial charge on any atom is -0.397 e. The topological polar surface area (TPSA) is 42.1 Å². The lowest BCUT2D eigenvalue weighted by atomic mass is 9.52. The van der Waals surface area contributed by atoms with Gasteiger partial charge < -0.3 is 10.6 Å². The summed E-state index contributed by atoms with van der Waals surface area (Å²) in [6.07, 6.45) is 10.4. The highest BCUT2D eigenvalue weighted by molar-refractivity contribution is 5.48. The van der Waals surface area contributed by atoms with Crippen molar-refractivity contribution < 1.29 is 0 Å². The average Bonchev–Trinajstić information content (AvgIpc) is 2.40. The van der Waals surface area contributed by atoms with Gasteiger partial charge in [0.05, 0.1) is 11.9 Å². The van der Waals surface area contributed by atoms with Crippen molar-refractivity contribution in [3.05, 3.63) is 18.3 Å². The third-order valence-electron chi connectivity index (χ3n) is 5.94. The van der Waals surface area contributed by atoms with Crippen LogP contribution in [0.3, 0.4) is 0 Å². The van der Waals surface area contributed by atoms with Crippen LogP contribution in [-0.2, 0) is 0 Å². The van der Waals surface area contributed by atoms with Crippen LogP contribution in [0.15, 0.2) is 18.3 Å². The molecule has 4 saturated carbocycles. The number of nitrogens with two attached hydrogens (primary N) is 1. The number of aromatic nitrogens is 1. The van der Waals surface area contributed by atoms with E-state index in [2.05, 4.69) is 22.9 Å². The van der Waals surface area contributed by atoms with Crippen LogP contribution >= 0.6 is 0 Å². The lowest BCUT2D eigenvalue weighted by molar-refractivity contribution is -0.00418. The first-order valence-corrected chi connectivity index (χ1v) is 8.18. The Balaban J connectivity index is 1.68. The molecule has 20 heavy (non-hydrogen) atoms. The van der Waals surface area contributed by atoms with E-state index >= 15 is 0 Å². The Morgan fingerprint density at radius 3 is 2.20 bits per heavy atom. The molecular formula is C17H25N3. The Hall–Kier alpha value is -1.25. The smallest absolute Gasteiger partial charge is 0.129 e. The molecule has 1 aromatic rings. The largest absolute Gasteiger partial charge is 0.397 e. The zero-order valence-electron chi connectivity index (χ0n) is 12.4. The lowest BCUT2D eigenvalue weighted by Crippen LogP contribution is -2.60. The molecule has 4 fully saturated rings. The SMILES string of the molecule is CCN(c1ccc(N)cn1)C12CC3CC(CC(C3)C1)C2. The molecule has 0 amide bonds. The van der Waals surface area contributed by atoms with Crippen molar-refractivity contribution in [3.8, 4) is 0 Å². The third kappa shape index (κ3) is 1.82. The Labute approximate surface area is 121 Å². The van der Waals surface area contributed by atoms with Gasteiger partial charge in [-0.3, -0.25) is 0 Å². The van der Waals surface area contributed by atoms with Crippen LogP contribution in [0.2, 0.25) is 0 Å². The first-order valence-electron chi connectivity index (χ1n) is 8.18. The Morgan fingerprint density at radius 2 is 1.75 bits per heavy atom. The predicted octanol–water partition coefficient (Wildman–Crippen LogP) is 3.46. The number of hydrogen-bond acceptors (Lipinski definition) is 3. The Morgan fingerprint density at radius 1 is 1.15 bits per heavy atom. The van der Waals surface area contributed by atoms with Gasteiger partial charge in [0, 0.05) is 12.1 Å². The molecule has 0 atom stereocenters. The van der Waals surface area contributed by atoms with Gasteiger partial charge in [0.15, 0.2) is 0 Å². The van der Waals surface area contributed by atoms with Crippen LogP contribution < -0.4 is 10.6 Å². The maximum Gasteiger partial charge on any atom is 0.129 e. The van der Waals surface area contributed by atoms with Crippen molar-refractivity contribution >= 4 is 11.5 Å². The molecule has 0 unspecified atom stereocenters. The molecule has 4 bridgehead atoms. The van der Waals surface area contributed by atoms with E-state index in [0.29, 0.717) is 5.54 Å². The van der Waals surface area contributed by atoms with Crippen molar-refractivity contribution in [2.24, 2.45) is 17.8 Å². The maximum absolute atomic E-state index is 5.79. The minimum absolute atomic E-state index is 0.395. The molecule has 0 saturated heterocycles. The Kier molecular flexibility index (Phi) is 2.73. The van der Waals surface area contributed by atoms with Crippen molar-refractivity contribution in [1.29, 1.82) is 0 Å². The van der Waals surface area contributed by atoms with Gasteiger partial charge in [0.25, 0.3) is 0 Å². The van der Waals surface area contributed by atoms with E-state index < -0.39 is 0 Å². The lowest BCUT2D eigenvalue weighted by Gasteiger charge is -2.60. The highest BCUT2D eigenvalue weighted by Gasteiger charge is 2.53. The maximum atomic E-state index is 5.79. The van der Waals surface area contributed by atoms with Crippen LogP contribution in [0.5, 0.6) is 0 Å². The van der Waals surface area contributed by atoms with E-state index in [9.17, 15) is 0 Å². The summed E-state index contributed by atoms with van der Waals surface area (Å²) in [7, 11) is 0. The predicted molar refractivity (Wildman–Crippen MR) is 82.6 cm³/mol. The number of anilines is 2. The standard InChI is InChI=1S/C17H25N3/c1-2-20(16-4-3-15(18)11-19-16)17-8-12-5-13(9-17)7-14(6-12)10-17/h3-4,11-14H,2,5-10,18H2,1H3. The molecule has 1 aromatic heterocycles. The average molecular weight is 271 g/mol. The molecule has 3 heteroatoms. The summed E-state index contributed by atoms with van der Waals surface area (Å²) in [6, 6.07) is 4.10. The molecule has 4 aliphatic rings. The fourth-order valence-corrected chi connectivity index (χ4v) is 5.69. The van der Waals surface area contributed by atoms with Gasteiger partial charge in [-0.25, -0.2) is 4.98 Å². The second kappa shape index (κ2) is 4.37. The van der Waals surface area contributed by atoms with Crippen LogP contribution in [0.25, 0.3) is 0 Å². The van der Waals surface area contributed by atoms with E-state index in [1.165, 1.54) is 38.5 Å². The summed E-state index contributed by atoms with van der Waals surface area (Å²) >= 11 is 0. The molecular weight excluding hydrogens is 246 g/mol. The highest BCUT2D eigenvalue weighted by Crippen LogP contribution is 2.58. The zero-order valence-corrected chi connectivity index (χ0v) is 12.4. The second-order valence-corrected chi connectivity index (χ2v) is 7.34. The highest BCUT2D eigenvalue weighted by atomic mass is 15.3. The van der Waals surface area contributed by atoms with Gasteiger partial charge in [0.1, 0.15) is 5.82 Å². The van der Waals surface area contributed by atoms with Gasteiger partial charge >= 0.3 is 0 Å².